The number of carbonyl (C=O) groups is 1. The van der Waals surface area contributed by atoms with Crippen molar-refractivity contribution in [2.45, 2.75) is 13.5 Å². The summed E-state index contributed by atoms with van der Waals surface area (Å²) < 4.78 is 12.4. The first-order valence-corrected chi connectivity index (χ1v) is 9.67. The zero-order valence-corrected chi connectivity index (χ0v) is 17.2. The van der Waals surface area contributed by atoms with Gasteiger partial charge in [-0.3, -0.25) is 0 Å². The number of anilines is 1. The van der Waals surface area contributed by atoms with Gasteiger partial charge >= 0.3 is 6.03 Å². The highest BCUT2D eigenvalue weighted by molar-refractivity contribution is 7.09. The van der Waals surface area contributed by atoms with Gasteiger partial charge in [0.25, 0.3) is 0 Å². The fourth-order valence-electron chi connectivity index (χ4n) is 2.68. The highest BCUT2D eigenvalue weighted by Crippen LogP contribution is 2.32. The maximum Gasteiger partial charge on any atom is 0.459 e. The maximum atomic E-state index is 12.1. The van der Waals surface area contributed by atoms with Gasteiger partial charge in [-0.1, -0.05) is 24.3 Å². The summed E-state index contributed by atoms with van der Waals surface area (Å²) in [6, 6.07) is 12.8. The highest BCUT2D eigenvalue weighted by atomic mass is 32.1. The van der Waals surface area contributed by atoms with E-state index in [-0.39, 0.29) is 6.61 Å². The number of para-hydroxylation sites is 2. The minimum atomic E-state index is -0.462. The van der Waals surface area contributed by atoms with Gasteiger partial charge in [-0.2, -0.15) is 0 Å². The summed E-state index contributed by atoms with van der Waals surface area (Å²) in [5.74, 6) is 6.48. The van der Waals surface area contributed by atoms with Crippen LogP contribution in [-0.4, -0.2) is 29.9 Å². The fourth-order valence-corrected chi connectivity index (χ4v) is 3.39. The Bertz CT molecular complexity index is 1050. The maximum absolute atomic E-state index is 12.1. The molecular weight excluding hydrogens is 390 g/mol. The van der Waals surface area contributed by atoms with Gasteiger partial charge in [-0.05, 0) is 30.7 Å². The van der Waals surface area contributed by atoms with Crippen LogP contribution in [-0.2, 0) is 6.61 Å². The lowest BCUT2D eigenvalue weighted by Crippen LogP contribution is -2.23. The zero-order chi connectivity index (χ0) is 20.8. The van der Waals surface area contributed by atoms with Crippen molar-refractivity contribution in [2.75, 3.05) is 19.5 Å². The minimum Gasteiger partial charge on any atom is -0.496 e. The molecule has 29 heavy (non-hydrogen) atoms. The van der Waals surface area contributed by atoms with Crippen LogP contribution in [0.25, 0.3) is 11.3 Å². The number of methoxy groups -OCH3 is 1. The molecule has 3 N–H and O–H groups in total. The quantitative estimate of drug-likeness (QED) is 0.273. The normalized spacial score (nSPS) is 11.2. The van der Waals surface area contributed by atoms with Crippen molar-refractivity contribution in [2.24, 2.45) is 11.1 Å². The molecule has 0 fully saturated rings. The molecule has 0 aliphatic rings. The molecular formula is C20H22N5O3S+. The Labute approximate surface area is 172 Å². The lowest BCUT2D eigenvalue weighted by molar-refractivity contribution is -0.466. The number of ether oxygens (including phenoxy) is 2. The average Bonchev–Trinajstić information content (AvgIpc) is 3.21. The first kappa shape index (κ1) is 20.3. The summed E-state index contributed by atoms with van der Waals surface area (Å²) in [7, 11) is 3.10. The van der Waals surface area contributed by atoms with Crippen molar-refractivity contribution in [3.63, 3.8) is 0 Å². The second-order valence-corrected chi connectivity index (χ2v) is 7.08. The number of benzene rings is 2. The van der Waals surface area contributed by atoms with Crippen molar-refractivity contribution in [1.29, 1.82) is 0 Å². The van der Waals surface area contributed by atoms with E-state index in [1.54, 1.807) is 13.2 Å². The van der Waals surface area contributed by atoms with Gasteiger partial charge in [-0.25, -0.2) is 20.9 Å². The van der Waals surface area contributed by atoms with Crippen molar-refractivity contribution in [3.8, 4) is 22.8 Å². The highest BCUT2D eigenvalue weighted by Gasteiger charge is 2.17. The lowest BCUT2D eigenvalue weighted by atomic mass is 10.1. The number of urea groups is 1. The molecule has 0 spiro atoms. The molecule has 0 saturated heterocycles. The Morgan fingerprint density at radius 1 is 1.28 bits per heavy atom. The summed E-state index contributed by atoms with van der Waals surface area (Å²) in [6.07, 6.45) is 0. The van der Waals surface area contributed by atoms with Crippen molar-refractivity contribution in [3.05, 3.63) is 58.4 Å². The Morgan fingerprint density at radius 2 is 2.07 bits per heavy atom. The van der Waals surface area contributed by atoms with E-state index in [2.05, 4.69) is 15.5 Å². The van der Waals surface area contributed by atoms with Gasteiger partial charge < -0.3 is 9.47 Å². The van der Waals surface area contributed by atoms with E-state index in [0.717, 1.165) is 32.3 Å². The van der Waals surface area contributed by atoms with E-state index in [0.29, 0.717) is 11.4 Å². The van der Waals surface area contributed by atoms with E-state index in [9.17, 15) is 4.79 Å². The Hall–Kier alpha value is -3.46. The molecule has 3 rings (SSSR count). The number of hydrogen-bond donors (Lipinski definition) is 2. The minimum absolute atomic E-state index is 0.268. The van der Waals surface area contributed by atoms with E-state index in [4.69, 9.17) is 15.3 Å². The molecule has 0 bridgehead atoms. The third-order valence-corrected chi connectivity index (χ3v) is 5.02. The van der Waals surface area contributed by atoms with E-state index in [1.807, 2.05) is 48.7 Å². The van der Waals surface area contributed by atoms with Crippen LogP contribution < -0.4 is 20.6 Å². The number of nitrogens with two attached hydrogens (primary N) is 1. The molecule has 8 nitrogen and oxygen atoms in total. The van der Waals surface area contributed by atoms with Crippen LogP contribution in [0.15, 0.2) is 53.1 Å². The van der Waals surface area contributed by atoms with E-state index < -0.39 is 6.03 Å². The molecule has 0 unspecified atom stereocenters. The molecule has 9 heteroatoms. The van der Waals surface area contributed by atoms with Crippen LogP contribution in [0.4, 0.5) is 10.5 Å². The monoisotopic (exact) mass is 412 g/mol. The fraction of sp³-hybridized carbons (Fsp3) is 0.200. The molecule has 0 saturated carbocycles. The van der Waals surface area contributed by atoms with Gasteiger partial charge in [-0.15, -0.1) is 16.0 Å². The van der Waals surface area contributed by atoms with Gasteiger partial charge in [0.1, 0.15) is 23.1 Å². The molecule has 0 atom stereocenters. The Balaban J connectivity index is 1.77. The van der Waals surface area contributed by atoms with Crippen LogP contribution in [0, 0.1) is 6.92 Å². The topological polar surface area (TPSA) is 102 Å². The largest absolute Gasteiger partial charge is 0.496 e. The molecule has 2 aromatic carbocycles. The number of nitrogens with zero attached hydrogens (tertiary/aromatic N) is 3. The summed E-state index contributed by atoms with van der Waals surface area (Å²) in [4.78, 5) is 16.7. The van der Waals surface area contributed by atoms with Crippen LogP contribution in [0.5, 0.6) is 11.5 Å². The van der Waals surface area contributed by atoms with Crippen molar-refractivity contribution in [1.82, 2.24) is 4.98 Å². The number of hydrogen-bond acceptors (Lipinski definition) is 6. The number of aryl methyl sites for hydroxylation is 1. The lowest BCUT2D eigenvalue weighted by Gasteiger charge is -2.11. The number of amides is 2. The molecule has 3 aromatic rings. The van der Waals surface area contributed by atoms with Crippen molar-refractivity contribution >= 4 is 23.1 Å². The molecule has 0 aliphatic carbocycles. The third kappa shape index (κ3) is 4.69. The van der Waals surface area contributed by atoms with Gasteiger partial charge in [0.2, 0.25) is 0 Å². The predicted molar refractivity (Wildman–Crippen MR) is 111 cm³/mol. The zero-order valence-electron chi connectivity index (χ0n) is 16.4. The summed E-state index contributed by atoms with van der Waals surface area (Å²) in [6.45, 7) is 2.18. The Kier molecular flexibility index (Phi) is 6.40. The number of carbonyl (C=O) groups excluding carboxylic acids is 1. The second kappa shape index (κ2) is 9.16. The SMILES string of the molecule is COc1ccccc1-c1csc(COc2c(C)cccc2NC(=O)/[N+](C)=N\N)n1. The summed E-state index contributed by atoms with van der Waals surface area (Å²) >= 11 is 1.50. The van der Waals surface area contributed by atoms with Crippen LogP contribution >= 0.6 is 11.3 Å². The third-order valence-electron chi connectivity index (χ3n) is 4.20. The van der Waals surface area contributed by atoms with Crippen LogP contribution in [0.3, 0.4) is 0 Å². The number of nitrogens with one attached hydrogen (secondary N) is 1. The predicted octanol–water partition coefficient (Wildman–Crippen LogP) is 4.21. The number of thiazole rings is 1. The smallest absolute Gasteiger partial charge is 0.459 e. The number of rotatable bonds is 6. The Morgan fingerprint density at radius 3 is 2.83 bits per heavy atom. The summed E-state index contributed by atoms with van der Waals surface area (Å²) in [5.41, 5.74) is 3.18. The van der Waals surface area contributed by atoms with Gasteiger partial charge in [0.05, 0.1) is 19.9 Å². The average molecular weight is 412 g/mol. The molecule has 0 aliphatic heterocycles. The molecule has 1 heterocycles. The van der Waals surface area contributed by atoms with Crippen molar-refractivity contribution < 1.29 is 19.0 Å². The molecule has 0 radical (unpaired) electrons. The van der Waals surface area contributed by atoms with E-state index >= 15 is 0 Å². The second-order valence-electron chi connectivity index (χ2n) is 6.14. The molecule has 2 amide bonds. The van der Waals surface area contributed by atoms with Crippen LogP contribution in [0.2, 0.25) is 0 Å². The molecule has 150 valence electrons. The van der Waals surface area contributed by atoms with Gasteiger partial charge in [0, 0.05) is 16.2 Å². The number of aromatic nitrogens is 1. The van der Waals surface area contributed by atoms with Gasteiger partial charge in [0.15, 0.2) is 5.75 Å². The first-order valence-electron chi connectivity index (χ1n) is 8.79. The standard InChI is InChI=1S/C20H21N5O3S/c1-13-7-6-9-15(23-20(26)25(2)24-21)19(13)28-11-18-22-16(12-29-18)14-8-4-5-10-17(14)27-3/h4-10,12,21H,11H2,1-3H3,(H,23,26)/p+1. The molecule has 1 aromatic heterocycles. The van der Waals surface area contributed by atoms with E-state index in [1.165, 1.54) is 18.4 Å². The first-order chi connectivity index (χ1) is 14.0. The summed E-state index contributed by atoms with van der Waals surface area (Å²) in [5, 5.41) is 8.85. The van der Waals surface area contributed by atoms with Crippen LogP contribution in [0.1, 0.15) is 10.6 Å².